The zero-order chi connectivity index (χ0) is 8.86. The lowest BCUT2D eigenvalue weighted by molar-refractivity contribution is 0.211. The molecule has 1 aliphatic carbocycles. The molecule has 72 valence electrons. The van der Waals surface area contributed by atoms with E-state index in [1.165, 1.54) is 32.1 Å². The van der Waals surface area contributed by atoms with Crippen LogP contribution in [-0.2, 0) is 0 Å². The van der Waals surface area contributed by atoms with Crippen molar-refractivity contribution in [2.75, 3.05) is 6.61 Å². The molecule has 1 rings (SSSR count). The van der Waals surface area contributed by atoms with Gasteiger partial charge in [0.05, 0.1) is 0 Å². The predicted molar refractivity (Wildman–Crippen MR) is 50.9 cm³/mol. The summed E-state index contributed by atoms with van der Waals surface area (Å²) in [7, 11) is 0. The van der Waals surface area contributed by atoms with Gasteiger partial charge in [0.25, 0.3) is 0 Å². The summed E-state index contributed by atoms with van der Waals surface area (Å²) >= 11 is 0. The molecular formula is C10H21NO. The van der Waals surface area contributed by atoms with Crippen molar-refractivity contribution in [3.8, 4) is 0 Å². The average Bonchev–Trinajstić information content (AvgIpc) is 1.99. The summed E-state index contributed by atoms with van der Waals surface area (Å²) in [6.07, 6.45) is 9.51. The first-order valence-electron chi connectivity index (χ1n) is 5.17. The van der Waals surface area contributed by atoms with Gasteiger partial charge in [-0.25, -0.2) is 0 Å². The summed E-state index contributed by atoms with van der Waals surface area (Å²) in [6, 6.07) is 0. The van der Waals surface area contributed by atoms with E-state index in [9.17, 15) is 0 Å². The third-order valence-corrected chi connectivity index (χ3v) is 2.96. The molecule has 0 unspecified atom stereocenters. The largest absolute Gasteiger partial charge is 0.396 e. The molecule has 0 aliphatic heterocycles. The van der Waals surface area contributed by atoms with Crippen LogP contribution in [0.1, 0.15) is 51.4 Å². The first-order valence-corrected chi connectivity index (χ1v) is 5.17. The Morgan fingerprint density at radius 1 is 1.00 bits per heavy atom. The molecule has 1 saturated carbocycles. The molecule has 0 spiro atoms. The second kappa shape index (κ2) is 4.83. The molecule has 0 atom stereocenters. The molecular weight excluding hydrogens is 150 g/mol. The van der Waals surface area contributed by atoms with Gasteiger partial charge in [0.1, 0.15) is 0 Å². The van der Waals surface area contributed by atoms with Crippen LogP contribution in [0.2, 0.25) is 0 Å². The van der Waals surface area contributed by atoms with Gasteiger partial charge in [0.15, 0.2) is 0 Å². The van der Waals surface area contributed by atoms with Crippen molar-refractivity contribution in [3.05, 3.63) is 0 Å². The summed E-state index contributed by atoms with van der Waals surface area (Å²) in [5, 5.41) is 8.87. The zero-order valence-electron chi connectivity index (χ0n) is 7.89. The summed E-state index contributed by atoms with van der Waals surface area (Å²) < 4.78 is 0. The van der Waals surface area contributed by atoms with Crippen LogP contribution in [0.3, 0.4) is 0 Å². The van der Waals surface area contributed by atoms with Crippen LogP contribution in [0.15, 0.2) is 0 Å². The molecule has 0 bridgehead atoms. The minimum atomic E-state index is -0.0465. The van der Waals surface area contributed by atoms with E-state index in [1.54, 1.807) is 0 Å². The Balaban J connectivity index is 2.36. The number of hydrogen-bond donors (Lipinski definition) is 2. The molecule has 12 heavy (non-hydrogen) atoms. The molecule has 3 N–H and O–H groups in total. The van der Waals surface area contributed by atoms with Crippen LogP contribution < -0.4 is 5.73 Å². The lowest BCUT2D eigenvalue weighted by atomic mass is 9.83. The maximum Gasteiger partial charge on any atom is 0.0448 e. The van der Waals surface area contributed by atoms with Crippen LogP contribution in [0.5, 0.6) is 0 Å². The van der Waals surface area contributed by atoms with Crippen molar-refractivity contribution in [3.63, 3.8) is 0 Å². The number of nitrogens with two attached hydrogens (primary N) is 1. The Morgan fingerprint density at radius 2 is 1.50 bits per heavy atom. The third kappa shape index (κ3) is 3.11. The fraction of sp³-hybridized carbons (Fsp3) is 1.00. The van der Waals surface area contributed by atoms with Gasteiger partial charge in [-0.15, -0.1) is 0 Å². The minimum absolute atomic E-state index is 0.0465. The normalized spacial score (nSPS) is 24.5. The molecule has 2 heteroatoms. The van der Waals surface area contributed by atoms with Gasteiger partial charge < -0.3 is 10.8 Å². The van der Waals surface area contributed by atoms with Crippen molar-refractivity contribution in [2.24, 2.45) is 5.73 Å². The van der Waals surface area contributed by atoms with Gasteiger partial charge in [-0.1, -0.05) is 32.1 Å². The van der Waals surface area contributed by atoms with Gasteiger partial charge in [-0.2, -0.15) is 0 Å². The maximum absolute atomic E-state index is 8.87. The van der Waals surface area contributed by atoms with Crippen LogP contribution in [0, 0.1) is 0 Å². The molecule has 0 aromatic carbocycles. The van der Waals surface area contributed by atoms with E-state index in [-0.39, 0.29) is 12.1 Å². The van der Waals surface area contributed by atoms with Gasteiger partial charge in [-0.3, -0.25) is 0 Å². The number of aliphatic hydroxyl groups excluding tert-OH is 1. The Bertz CT molecular complexity index is 117. The smallest absolute Gasteiger partial charge is 0.0448 e. The lowest BCUT2D eigenvalue weighted by Crippen LogP contribution is -2.41. The van der Waals surface area contributed by atoms with E-state index >= 15 is 0 Å². The highest BCUT2D eigenvalue weighted by Gasteiger charge is 2.24. The molecule has 0 aromatic rings. The van der Waals surface area contributed by atoms with E-state index in [1.807, 2.05) is 0 Å². The number of rotatable bonds is 2. The van der Waals surface area contributed by atoms with Gasteiger partial charge >= 0.3 is 0 Å². The minimum Gasteiger partial charge on any atom is -0.396 e. The monoisotopic (exact) mass is 171 g/mol. The maximum atomic E-state index is 8.87. The fourth-order valence-electron chi connectivity index (χ4n) is 2.08. The van der Waals surface area contributed by atoms with Gasteiger partial charge in [0.2, 0.25) is 0 Å². The second-order valence-electron chi connectivity index (χ2n) is 4.10. The van der Waals surface area contributed by atoms with Crippen molar-refractivity contribution in [2.45, 2.75) is 56.9 Å². The van der Waals surface area contributed by atoms with E-state index in [2.05, 4.69) is 0 Å². The quantitative estimate of drug-likeness (QED) is 0.665. The zero-order valence-corrected chi connectivity index (χ0v) is 7.89. The van der Waals surface area contributed by atoms with Crippen LogP contribution in [-0.4, -0.2) is 17.3 Å². The Hall–Kier alpha value is -0.0800. The predicted octanol–water partition coefficient (Wildman–Crippen LogP) is 1.81. The Morgan fingerprint density at radius 3 is 2.00 bits per heavy atom. The Labute approximate surface area is 75.2 Å². The van der Waals surface area contributed by atoms with Crippen LogP contribution in [0.4, 0.5) is 0 Å². The second-order valence-corrected chi connectivity index (χ2v) is 4.10. The third-order valence-electron chi connectivity index (χ3n) is 2.96. The summed E-state index contributed by atoms with van der Waals surface area (Å²) in [6.45, 7) is 0.247. The molecule has 0 amide bonds. The van der Waals surface area contributed by atoms with Crippen molar-refractivity contribution < 1.29 is 5.11 Å². The topological polar surface area (TPSA) is 46.2 Å². The number of aliphatic hydroxyl groups is 1. The van der Waals surface area contributed by atoms with E-state index in [0.717, 1.165) is 19.3 Å². The standard InChI is InChI=1S/C10H21NO/c11-10(8-9-12)6-4-2-1-3-5-7-10/h12H,1-9,11H2. The van der Waals surface area contributed by atoms with Crippen molar-refractivity contribution in [1.82, 2.24) is 0 Å². The first kappa shape index (κ1) is 10.0. The van der Waals surface area contributed by atoms with Crippen molar-refractivity contribution >= 4 is 0 Å². The molecule has 0 radical (unpaired) electrons. The Kier molecular flexibility index (Phi) is 4.02. The van der Waals surface area contributed by atoms with Crippen molar-refractivity contribution in [1.29, 1.82) is 0 Å². The first-order chi connectivity index (χ1) is 5.77. The SMILES string of the molecule is NC1(CCO)CCCCCCC1. The molecule has 1 fully saturated rings. The average molecular weight is 171 g/mol. The van der Waals surface area contributed by atoms with Crippen LogP contribution >= 0.6 is 0 Å². The van der Waals surface area contributed by atoms with Gasteiger partial charge in [0, 0.05) is 12.1 Å². The molecule has 0 aromatic heterocycles. The molecule has 2 nitrogen and oxygen atoms in total. The highest BCUT2D eigenvalue weighted by molar-refractivity contribution is 4.84. The highest BCUT2D eigenvalue weighted by atomic mass is 16.3. The number of hydrogen-bond acceptors (Lipinski definition) is 2. The summed E-state index contributed by atoms with van der Waals surface area (Å²) in [5.41, 5.74) is 6.13. The molecule has 0 saturated heterocycles. The fourth-order valence-corrected chi connectivity index (χ4v) is 2.08. The van der Waals surface area contributed by atoms with Gasteiger partial charge in [-0.05, 0) is 19.3 Å². The molecule has 1 aliphatic rings. The lowest BCUT2D eigenvalue weighted by Gasteiger charge is -2.30. The van der Waals surface area contributed by atoms with E-state index in [0.29, 0.717) is 0 Å². The molecule has 0 heterocycles. The summed E-state index contributed by atoms with van der Waals surface area (Å²) in [5.74, 6) is 0. The van der Waals surface area contributed by atoms with Crippen LogP contribution in [0.25, 0.3) is 0 Å². The van der Waals surface area contributed by atoms with E-state index < -0.39 is 0 Å². The van der Waals surface area contributed by atoms with E-state index in [4.69, 9.17) is 10.8 Å². The highest BCUT2D eigenvalue weighted by Crippen LogP contribution is 2.26. The summed E-state index contributed by atoms with van der Waals surface area (Å²) in [4.78, 5) is 0.